The van der Waals surface area contributed by atoms with Crippen LogP contribution in [-0.2, 0) is 16.9 Å². The van der Waals surface area contributed by atoms with Crippen molar-refractivity contribution in [3.63, 3.8) is 0 Å². The third kappa shape index (κ3) is 2.04. The van der Waals surface area contributed by atoms with Crippen molar-refractivity contribution in [2.75, 3.05) is 5.75 Å². The lowest BCUT2D eigenvalue weighted by atomic mass is 10.6. The summed E-state index contributed by atoms with van der Waals surface area (Å²) in [5.74, 6) is 1.27. The Bertz CT molecular complexity index is 176. The molecule has 3 nitrogen and oxygen atoms in total. The monoisotopic (exact) mass is 158 g/mol. The number of aromatic nitrogens is 2. The Morgan fingerprint density at radius 2 is 2.60 bits per heavy atom. The number of H-pyrrole nitrogens is 1. The summed E-state index contributed by atoms with van der Waals surface area (Å²) in [4.78, 5) is 6.77. The zero-order valence-electron chi connectivity index (χ0n) is 5.83. The molecule has 0 spiro atoms. The Morgan fingerprint density at radius 3 is 3.10 bits per heavy atom. The Morgan fingerprint density at radius 1 is 1.80 bits per heavy atom. The number of hydrogen-bond acceptors (Lipinski definition) is 2. The van der Waals surface area contributed by atoms with Crippen molar-refractivity contribution in [1.29, 1.82) is 0 Å². The Hall–Kier alpha value is -0.480. The fourth-order valence-electron chi connectivity index (χ4n) is 0.637. The lowest BCUT2D eigenvalue weighted by Crippen LogP contribution is -2.06. The van der Waals surface area contributed by atoms with E-state index in [0.29, 0.717) is 11.5 Å². The van der Waals surface area contributed by atoms with Gasteiger partial charge in [-0.2, -0.15) is 0 Å². The Balaban J connectivity index is 2.40. The molecule has 1 aromatic rings. The van der Waals surface area contributed by atoms with E-state index in [-0.39, 0.29) is 0 Å². The van der Waals surface area contributed by atoms with Gasteiger partial charge in [0.25, 0.3) is 0 Å². The van der Waals surface area contributed by atoms with Crippen molar-refractivity contribution < 1.29 is 4.55 Å². The highest BCUT2D eigenvalue weighted by Crippen LogP contribution is 2.00. The first-order valence-corrected chi connectivity index (χ1v) is 4.64. The van der Waals surface area contributed by atoms with Gasteiger partial charge in [-0.15, -0.1) is 0 Å². The average Bonchev–Trinajstić information content (AvgIpc) is 2.40. The van der Waals surface area contributed by atoms with Crippen LogP contribution in [0, 0.1) is 0 Å². The van der Waals surface area contributed by atoms with Gasteiger partial charge in [0.15, 0.2) is 0 Å². The highest BCUT2D eigenvalue weighted by Gasteiger charge is 2.04. The predicted octanol–water partition coefficient (Wildman–Crippen LogP) is 0.678. The first kappa shape index (κ1) is 7.63. The summed E-state index contributed by atoms with van der Waals surface area (Å²) >= 11 is -0.739. The zero-order valence-corrected chi connectivity index (χ0v) is 6.65. The van der Waals surface area contributed by atoms with E-state index in [9.17, 15) is 4.55 Å². The van der Waals surface area contributed by atoms with Gasteiger partial charge < -0.3 is 9.54 Å². The highest BCUT2D eigenvalue weighted by atomic mass is 32.2. The van der Waals surface area contributed by atoms with Gasteiger partial charge in [-0.1, -0.05) is 0 Å². The summed E-state index contributed by atoms with van der Waals surface area (Å²) in [6, 6.07) is 0. The molecule has 56 valence electrons. The second-order valence-electron chi connectivity index (χ2n) is 1.93. The molecule has 1 aromatic heterocycles. The normalized spacial score (nSPS) is 13.4. The van der Waals surface area contributed by atoms with E-state index in [2.05, 4.69) is 9.97 Å². The van der Waals surface area contributed by atoms with E-state index in [4.69, 9.17) is 0 Å². The maximum Gasteiger partial charge on any atom is 0.148 e. The molecule has 0 saturated carbocycles. The van der Waals surface area contributed by atoms with Crippen LogP contribution in [0.3, 0.4) is 0 Å². The fourth-order valence-corrected chi connectivity index (χ4v) is 1.33. The molecular formula is C6H10N2OS. The van der Waals surface area contributed by atoms with Crippen molar-refractivity contribution >= 4 is 11.2 Å². The summed E-state index contributed by atoms with van der Waals surface area (Å²) in [5, 5.41) is 0. The van der Waals surface area contributed by atoms with E-state index in [1.165, 1.54) is 0 Å². The molecule has 1 rings (SSSR count). The molecule has 0 bridgehead atoms. The smallest absolute Gasteiger partial charge is 0.148 e. The van der Waals surface area contributed by atoms with E-state index >= 15 is 0 Å². The van der Waals surface area contributed by atoms with Crippen LogP contribution < -0.4 is 0 Å². The van der Waals surface area contributed by atoms with Crippen LogP contribution in [0.2, 0.25) is 0 Å². The molecule has 1 atom stereocenters. The predicted molar refractivity (Wildman–Crippen MR) is 41.0 cm³/mol. The summed E-state index contributed by atoms with van der Waals surface area (Å²) in [5.41, 5.74) is 0.875. The van der Waals surface area contributed by atoms with Gasteiger partial charge >= 0.3 is 0 Å². The molecule has 0 aliphatic rings. The van der Waals surface area contributed by atoms with Crippen LogP contribution in [0.5, 0.6) is 0 Å². The Labute approximate surface area is 63.0 Å². The fraction of sp³-hybridized carbons (Fsp3) is 0.500. The molecule has 0 aliphatic heterocycles. The molecule has 4 heteroatoms. The number of rotatable bonds is 3. The summed E-state index contributed by atoms with van der Waals surface area (Å²) in [6.45, 7) is 1.91. The Kier molecular flexibility index (Phi) is 2.77. The topological polar surface area (TPSA) is 51.7 Å². The first-order valence-electron chi connectivity index (χ1n) is 3.15. The average molecular weight is 158 g/mol. The standard InChI is InChI=1S/C6H10N2OS/c1-2-10(9)4-6-3-7-5-8-6/h3,5H,2,4H2,1H3,(H,7,8). The molecule has 0 aromatic carbocycles. The molecule has 10 heavy (non-hydrogen) atoms. The SMILES string of the molecule is CC[S+]([O-])Cc1c[nH]cn1. The third-order valence-corrected chi connectivity index (χ3v) is 2.45. The minimum atomic E-state index is -0.739. The van der Waals surface area contributed by atoms with Gasteiger partial charge in [0.05, 0.1) is 6.33 Å². The first-order chi connectivity index (χ1) is 4.83. The molecule has 1 heterocycles. The van der Waals surface area contributed by atoms with Crippen LogP contribution in [0.1, 0.15) is 12.6 Å². The van der Waals surface area contributed by atoms with Crippen molar-refractivity contribution in [3.8, 4) is 0 Å². The summed E-state index contributed by atoms with van der Waals surface area (Å²) in [6.07, 6.45) is 3.37. The molecule has 0 radical (unpaired) electrons. The minimum Gasteiger partial charge on any atom is -0.616 e. The molecule has 1 N–H and O–H groups in total. The lowest BCUT2D eigenvalue weighted by molar-refractivity contribution is 0.595. The van der Waals surface area contributed by atoms with Gasteiger partial charge in [0, 0.05) is 6.20 Å². The number of aromatic amines is 1. The maximum absolute atomic E-state index is 10.9. The van der Waals surface area contributed by atoms with Crippen molar-refractivity contribution in [2.45, 2.75) is 12.7 Å². The molecule has 1 unspecified atom stereocenters. The van der Waals surface area contributed by atoms with E-state index in [1.54, 1.807) is 12.5 Å². The molecular weight excluding hydrogens is 148 g/mol. The number of nitrogens with zero attached hydrogens (tertiary/aromatic N) is 1. The number of hydrogen-bond donors (Lipinski definition) is 1. The van der Waals surface area contributed by atoms with Gasteiger partial charge in [-0.05, 0) is 18.1 Å². The quantitative estimate of drug-likeness (QED) is 0.657. The zero-order chi connectivity index (χ0) is 7.40. The van der Waals surface area contributed by atoms with Crippen molar-refractivity contribution in [3.05, 3.63) is 18.2 Å². The molecule has 0 saturated heterocycles. The lowest BCUT2D eigenvalue weighted by Gasteiger charge is -2.04. The van der Waals surface area contributed by atoms with E-state index < -0.39 is 11.2 Å². The summed E-state index contributed by atoms with van der Waals surface area (Å²) in [7, 11) is 0. The van der Waals surface area contributed by atoms with E-state index in [1.807, 2.05) is 6.92 Å². The number of imidazole rings is 1. The third-order valence-electron chi connectivity index (χ3n) is 1.19. The molecule has 0 fully saturated rings. The van der Waals surface area contributed by atoms with Gasteiger partial charge in [-0.3, -0.25) is 0 Å². The number of nitrogens with one attached hydrogen (secondary N) is 1. The second kappa shape index (κ2) is 3.63. The van der Waals surface area contributed by atoms with Crippen LogP contribution >= 0.6 is 0 Å². The summed E-state index contributed by atoms with van der Waals surface area (Å²) < 4.78 is 10.9. The van der Waals surface area contributed by atoms with Gasteiger partial charge in [0.1, 0.15) is 17.2 Å². The van der Waals surface area contributed by atoms with E-state index in [0.717, 1.165) is 5.69 Å². The molecule has 0 amide bonds. The largest absolute Gasteiger partial charge is 0.616 e. The highest BCUT2D eigenvalue weighted by molar-refractivity contribution is 7.90. The maximum atomic E-state index is 10.9. The van der Waals surface area contributed by atoms with Crippen LogP contribution in [0.4, 0.5) is 0 Å². The van der Waals surface area contributed by atoms with Gasteiger partial charge in [0.2, 0.25) is 0 Å². The van der Waals surface area contributed by atoms with Gasteiger partial charge in [-0.25, -0.2) is 4.98 Å². The molecule has 0 aliphatic carbocycles. The van der Waals surface area contributed by atoms with Crippen molar-refractivity contribution in [2.24, 2.45) is 0 Å². The minimum absolute atomic E-state index is 0.569. The van der Waals surface area contributed by atoms with Crippen LogP contribution in [0.25, 0.3) is 0 Å². The van der Waals surface area contributed by atoms with Crippen LogP contribution in [0.15, 0.2) is 12.5 Å². The second-order valence-corrected chi connectivity index (χ2v) is 3.68. The van der Waals surface area contributed by atoms with Crippen LogP contribution in [-0.4, -0.2) is 20.3 Å². The van der Waals surface area contributed by atoms with Crippen molar-refractivity contribution in [1.82, 2.24) is 9.97 Å².